The molecule has 3 aromatic rings. The fraction of sp³-hybridized carbons (Fsp3) is 0.370. The maximum atomic E-state index is 13.9. The summed E-state index contributed by atoms with van der Waals surface area (Å²) in [7, 11) is 0. The smallest absolute Gasteiger partial charge is 0.252 e. The molecule has 4 rings (SSSR count). The van der Waals surface area contributed by atoms with Crippen LogP contribution >= 0.6 is 0 Å². The van der Waals surface area contributed by atoms with Gasteiger partial charge in [0.15, 0.2) is 0 Å². The molecule has 2 aromatic carbocycles. The molecule has 1 unspecified atom stereocenters. The molecule has 0 saturated carbocycles. The van der Waals surface area contributed by atoms with Gasteiger partial charge in [-0.1, -0.05) is 50.2 Å². The van der Waals surface area contributed by atoms with Crippen LogP contribution in [0.2, 0.25) is 0 Å². The van der Waals surface area contributed by atoms with Crippen molar-refractivity contribution >= 4 is 22.7 Å². The maximum Gasteiger partial charge on any atom is 0.252 e. The van der Waals surface area contributed by atoms with Gasteiger partial charge in [0, 0.05) is 43.1 Å². The fourth-order valence-electron chi connectivity index (χ4n) is 4.31. The van der Waals surface area contributed by atoms with E-state index in [0.29, 0.717) is 43.1 Å². The van der Waals surface area contributed by atoms with Crippen LogP contribution in [-0.2, 0) is 11.2 Å². The number of likely N-dealkylation sites (tertiary alicyclic amines) is 1. The zero-order valence-electron chi connectivity index (χ0n) is 19.2. The fourth-order valence-corrected chi connectivity index (χ4v) is 4.31. The number of hydrogen-bond acceptors (Lipinski definition) is 3. The highest BCUT2D eigenvalue weighted by molar-refractivity contribution is 6.06. The molecule has 2 amide bonds. The van der Waals surface area contributed by atoms with E-state index in [1.54, 1.807) is 18.2 Å². The van der Waals surface area contributed by atoms with Crippen LogP contribution in [-0.4, -0.2) is 41.3 Å². The van der Waals surface area contributed by atoms with Crippen molar-refractivity contribution in [2.45, 2.75) is 39.0 Å². The van der Waals surface area contributed by atoms with Crippen LogP contribution in [0.4, 0.5) is 4.39 Å². The van der Waals surface area contributed by atoms with Crippen LogP contribution in [0.1, 0.15) is 54.2 Å². The lowest BCUT2D eigenvalue weighted by atomic mass is 9.99. The summed E-state index contributed by atoms with van der Waals surface area (Å²) in [6.45, 7) is 5.94. The van der Waals surface area contributed by atoms with Crippen LogP contribution in [0.3, 0.4) is 0 Å². The van der Waals surface area contributed by atoms with Gasteiger partial charge in [-0.25, -0.2) is 4.39 Å². The number of pyridine rings is 1. The van der Waals surface area contributed by atoms with Gasteiger partial charge in [-0.05, 0) is 42.5 Å². The Bertz CT molecular complexity index is 1160. The van der Waals surface area contributed by atoms with Gasteiger partial charge in [0.25, 0.3) is 5.91 Å². The lowest BCUT2D eigenvalue weighted by Gasteiger charge is -2.17. The number of aryl methyl sites for hydroxylation is 1. The molecular formula is C27H30FN3O2. The predicted molar refractivity (Wildman–Crippen MR) is 128 cm³/mol. The molecule has 0 radical (unpaired) electrons. The summed E-state index contributed by atoms with van der Waals surface area (Å²) in [4.78, 5) is 32.3. The van der Waals surface area contributed by atoms with Crippen molar-refractivity contribution in [1.82, 2.24) is 15.2 Å². The minimum Gasteiger partial charge on any atom is -0.352 e. The average molecular weight is 448 g/mol. The number of nitrogens with zero attached hydrogens (tertiary/aromatic N) is 2. The molecule has 0 bridgehead atoms. The number of amides is 2. The zero-order chi connectivity index (χ0) is 23.4. The number of rotatable bonds is 7. The van der Waals surface area contributed by atoms with E-state index in [2.05, 4.69) is 19.2 Å². The average Bonchev–Trinajstić information content (AvgIpc) is 3.31. The maximum absolute atomic E-state index is 13.9. The molecule has 1 fully saturated rings. The number of carbonyl (C=O) groups excluding carboxylic acids is 2. The van der Waals surface area contributed by atoms with Crippen molar-refractivity contribution in [3.8, 4) is 0 Å². The van der Waals surface area contributed by atoms with E-state index in [1.807, 2.05) is 35.2 Å². The minimum absolute atomic E-state index is 0.0245. The second-order valence-corrected chi connectivity index (χ2v) is 9.13. The number of carbonyl (C=O) groups is 2. The summed E-state index contributed by atoms with van der Waals surface area (Å²) in [6.07, 6.45) is 1.46. The Hall–Kier alpha value is -3.28. The molecule has 1 N–H and O–H groups in total. The molecule has 33 heavy (non-hydrogen) atoms. The molecule has 0 aliphatic carbocycles. The standard InChI is InChI=1S/C27H30FN3O2/c1-18(2)16-29-27(33)22-15-25(30-24-10-6-4-8-21(22)24)20-13-14-31(17-20)26(32)12-11-19-7-3-5-9-23(19)28/h3-10,15,18,20H,11-14,16-17H2,1-2H3,(H,29,33). The minimum atomic E-state index is -0.270. The van der Waals surface area contributed by atoms with Gasteiger partial charge in [0.1, 0.15) is 5.82 Å². The number of para-hydroxylation sites is 1. The van der Waals surface area contributed by atoms with Gasteiger partial charge < -0.3 is 10.2 Å². The van der Waals surface area contributed by atoms with E-state index in [9.17, 15) is 14.0 Å². The molecule has 6 heteroatoms. The summed E-state index contributed by atoms with van der Waals surface area (Å²) >= 11 is 0. The van der Waals surface area contributed by atoms with Gasteiger partial charge in [-0.2, -0.15) is 0 Å². The van der Waals surface area contributed by atoms with Crippen molar-refractivity contribution in [3.63, 3.8) is 0 Å². The van der Waals surface area contributed by atoms with E-state index < -0.39 is 0 Å². The van der Waals surface area contributed by atoms with E-state index >= 15 is 0 Å². The molecule has 2 heterocycles. The zero-order valence-corrected chi connectivity index (χ0v) is 19.2. The van der Waals surface area contributed by atoms with Crippen molar-refractivity contribution in [1.29, 1.82) is 0 Å². The first-order valence-electron chi connectivity index (χ1n) is 11.6. The van der Waals surface area contributed by atoms with E-state index in [4.69, 9.17) is 4.98 Å². The highest BCUT2D eigenvalue weighted by Crippen LogP contribution is 2.30. The van der Waals surface area contributed by atoms with E-state index in [0.717, 1.165) is 23.0 Å². The molecule has 1 aliphatic heterocycles. The van der Waals surface area contributed by atoms with Crippen LogP contribution in [0, 0.1) is 11.7 Å². The monoisotopic (exact) mass is 447 g/mol. The molecule has 1 aliphatic rings. The Morgan fingerprint density at radius 2 is 1.91 bits per heavy atom. The summed E-state index contributed by atoms with van der Waals surface area (Å²) < 4.78 is 13.9. The van der Waals surface area contributed by atoms with Gasteiger partial charge in [-0.3, -0.25) is 14.6 Å². The molecule has 1 atom stereocenters. The first kappa shape index (κ1) is 22.9. The number of fused-ring (bicyclic) bond motifs is 1. The van der Waals surface area contributed by atoms with Crippen LogP contribution < -0.4 is 5.32 Å². The quantitative estimate of drug-likeness (QED) is 0.571. The number of halogens is 1. The van der Waals surface area contributed by atoms with Gasteiger partial charge >= 0.3 is 0 Å². The summed E-state index contributed by atoms with van der Waals surface area (Å²) in [6, 6.07) is 16.1. The second-order valence-electron chi connectivity index (χ2n) is 9.13. The van der Waals surface area contributed by atoms with Crippen LogP contribution in [0.5, 0.6) is 0 Å². The highest BCUT2D eigenvalue weighted by atomic mass is 19.1. The molecule has 172 valence electrons. The lowest BCUT2D eigenvalue weighted by molar-refractivity contribution is -0.130. The largest absolute Gasteiger partial charge is 0.352 e. The normalized spacial score (nSPS) is 15.9. The summed E-state index contributed by atoms with van der Waals surface area (Å²) in [5, 5.41) is 3.84. The van der Waals surface area contributed by atoms with Crippen molar-refractivity contribution < 1.29 is 14.0 Å². The number of aromatic nitrogens is 1. The van der Waals surface area contributed by atoms with Crippen molar-refractivity contribution in [3.05, 3.63) is 77.2 Å². The molecule has 0 spiro atoms. The topological polar surface area (TPSA) is 62.3 Å². The van der Waals surface area contributed by atoms with Gasteiger partial charge in [0.2, 0.25) is 5.91 Å². The third-order valence-electron chi connectivity index (χ3n) is 6.18. The Morgan fingerprint density at radius 3 is 2.70 bits per heavy atom. The molecule has 1 saturated heterocycles. The van der Waals surface area contributed by atoms with E-state index in [1.165, 1.54) is 6.07 Å². The Morgan fingerprint density at radius 1 is 1.15 bits per heavy atom. The Labute approximate surface area is 194 Å². The van der Waals surface area contributed by atoms with Crippen molar-refractivity contribution in [2.75, 3.05) is 19.6 Å². The van der Waals surface area contributed by atoms with Crippen LogP contribution in [0.25, 0.3) is 10.9 Å². The van der Waals surface area contributed by atoms with Gasteiger partial charge in [0.05, 0.1) is 11.1 Å². The molecule has 1 aromatic heterocycles. The molecular weight excluding hydrogens is 417 g/mol. The third kappa shape index (κ3) is 5.38. The second kappa shape index (κ2) is 10.1. The first-order valence-corrected chi connectivity index (χ1v) is 11.6. The highest BCUT2D eigenvalue weighted by Gasteiger charge is 2.29. The number of hydrogen-bond donors (Lipinski definition) is 1. The Balaban J connectivity index is 1.48. The molecule has 5 nitrogen and oxygen atoms in total. The summed E-state index contributed by atoms with van der Waals surface area (Å²) in [5.41, 5.74) is 2.82. The SMILES string of the molecule is CC(C)CNC(=O)c1cc(C2CCN(C(=O)CCc3ccccc3F)C2)nc2ccccc12. The van der Waals surface area contributed by atoms with E-state index in [-0.39, 0.29) is 30.0 Å². The Kier molecular flexibility index (Phi) is 7.02. The lowest BCUT2D eigenvalue weighted by Crippen LogP contribution is -2.29. The first-order chi connectivity index (χ1) is 15.9. The summed E-state index contributed by atoms with van der Waals surface area (Å²) in [5.74, 6) is 0.0907. The number of nitrogens with one attached hydrogen (secondary N) is 1. The predicted octanol–water partition coefficient (Wildman–Crippen LogP) is 4.71. The number of benzene rings is 2. The van der Waals surface area contributed by atoms with Crippen LogP contribution in [0.15, 0.2) is 54.6 Å². The van der Waals surface area contributed by atoms with Crippen molar-refractivity contribution in [2.24, 2.45) is 5.92 Å². The van der Waals surface area contributed by atoms with Gasteiger partial charge in [-0.15, -0.1) is 0 Å². The third-order valence-corrected chi connectivity index (χ3v) is 6.18.